The predicted octanol–water partition coefficient (Wildman–Crippen LogP) is 4.11. The standard InChI is InChI=1S/C27H44ClNO5/c1-15-12-19-18(11-10-16(2)29-19)26(33-14-17-8-6-5-7-9-17)27(15)25(30)22-20(31-3)13-21(32-4)23(28)24(22)34-27/h15-24,26,29H,5-14H2,1-4H3/t15-,16?,18?,19?,20?,21?,22?,23?,24?,26?,27-/m1/s1. The third kappa shape index (κ3) is 4.18. The van der Waals surface area contributed by atoms with Crippen LogP contribution in [0.3, 0.4) is 0 Å². The van der Waals surface area contributed by atoms with Crippen molar-refractivity contribution in [2.75, 3.05) is 20.8 Å². The second kappa shape index (κ2) is 10.3. The van der Waals surface area contributed by atoms with Crippen molar-refractivity contribution in [1.82, 2.24) is 5.32 Å². The van der Waals surface area contributed by atoms with Crippen LogP contribution in [0.4, 0.5) is 0 Å². The van der Waals surface area contributed by atoms with Crippen LogP contribution >= 0.6 is 11.6 Å². The van der Waals surface area contributed by atoms with Crippen LogP contribution in [-0.2, 0) is 23.7 Å². The molecule has 1 N–H and O–H groups in total. The molecule has 11 atom stereocenters. The number of ketones is 1. The van der Waals surface area contributed by atoms with E-state index in [4.69, 9.17) is 30.5 Å². The molecule has 0 aromatic carbocycles. The summed E-state index contributed by atoms with van der Waals surface area (Å²) in [5.74, 6) is 0.689. The Morgan fingerprint density at radius 1 is 1.03 bits per heavy atom. The molecule has 9 unspecified atom stereocenters. The van der Waals surface area contributed by atoms with Gasteiger partial charge in [0.25, 0.3) is 0 Å². The highest BCUT2D eigenvalue weighted by Gasteiger charge is 2.69. The number of halogens is 1. The molecule has 3 aliphatic carbocycles. The van der Waals surface area contributed by atoms with Crippen LogP contribution in [0.2, 0.25) is 0 Å². The Hall–Kier alpha value is -0.240. The van der Waals surface area contributed by atoms with Crippen LogP contribution in [-0.4, -0.2) is 74.1 Å². The molecule has 5 aliphatic rings. The molecule has 0 radical (unpaired) electrons. The van der Waals surface area contributed by atoms with Gasteiger partial charge in [-0.15, -0.1) is 11.6 Å². The van der Waals surface area contributed by atoms with E-state index in [2.05, 4.69) is 19.2 Å². The number of ether oxygens (including phenoxy) is 4. The Bertz CT molecular complexity index is 732. The molecule has 34 heavy (non-hydrogen) atoms. The fraction of sp³-hybridized carbons (Fsp3) is 0.963. The number of piperidine rings is 1. The van der Waals surface area contributed by atoms with Crippen LogP contribution in [0.15, 0.2) is 0 Å². The largest absolute Gasteiger partial charge is 0.380 e. The zero-order valence-corrected chi connectivity index (χ0v) is 22.1. The van der Waals surface area contributed by atoms with Crippen molar-refractivity contribution in [3.63, 3.8) is 0 Å². The third-order valence-corrected chi connectivity index (χ3v) is 10.4. The van der Waals surface area contributed by atoms with Gasteiger partial charge >= 0.3 is 0 Å². The summed E-state index contributed by atoms with van der Waals surface area (Å²) in [4.78, 5) is 14.4. The van der Waals surface area contributed by atoms with E-state index in [0.29, 0.717) is 24.4 Å². The molecule has 2 aliphatic heterocycles. The Morgan fingerprint density at radius 3 is 2.47 bits per heavy atom. The van der Waals surface area contributed by atoms with Gasteiger partial charge in [0, 0.05) is 45.2 Å². The van der Waals surface area contributed by atoms with E-state index in [1.54, 1.807) is 14.2 Å². The molecule has 0 bridgehead atoms. The molecule has 0 amide bonds. The summed E-state index contributed by atoms with van der Waals surface area (Å²) < 4.78 is 25.3. The molecule has 0 aromatic heterocycles. The molecule has 5 fully saturated rings. The third-order valence-electron chi connectivity index (χ3n) is 9.85. The fourth-order valence-corrected chi connectivity index (χ4v) is 8.39. The number of carbonyl (C=O) groups is 1. The van der Waals surface area contributed by atoms with Crippen LogP contribution in [0, 0.1) is 23.7 Å². The molecule has 1 spiro atoms. The smallest absolute Gasteiger partial charge is 0.175 e. The van der Waals surface area contributed by atoms with Gasteiger partial charge in [0.05, 0.1) is 35.7 Å². The zero-order chi connectivity index (χ0) is 24.0. The highest BCUT2D eigenvalue weighted by molar-refractivity contribution is 6.22. The number of nitrogens with one attached hydrogen (secondary N) is 1. The topological polar surface area (TPSA) is 66.0 Å². The average Bonchev–Trinajstić information content (AvgIpc) is 3.15. The first-order chi connectivity index (χ1) is 16.4. The van der Waals surface area contributed by atoms with Gasteiger partial charge in [-0.1, -0.05) is 26.2 Å². The second-order valence-corrected chi connectivity index (χ2v) is 12.3. The predicted molar refractivity (Wildman–Crippen MR) is 131 cm³/mol. The van der Waals surface area contributed by atoms with Crippen LogP contribution in [0.1, 0.15) is 71.6 Å². The van der Waals surface area contributed by atoms with Gasteiger partial charge in [-0.2, -0.15) is 0 Å². The lowest BCUT2D eigenvalue weighted by Crippen LogP contribution is -2.67. The summed E-state index contributed by atoms with van der Waals surface area (Å²) in [5.41, 5.74) is -0.958. The number of methoxy groups -OCH3 is 2. The summed E-state index contributed by atoms with van der Waals surface area (Å²) in [5, 5.41) is 3.45. The van der Waals surface area contributed by atoms with Gasteiger partial charge in [-0.25, -0.2) is 0 Å². The molecule has 2 heterocycles. The van der Waals surface area contributed by atoms with Crippen LogP contribution in [0.25, 0.3) is 0 Å². The molecule has 3 saturated carbocycles. The summed E-state index contributed by atoms with van der Waals surface area (Å²) in [6.45, 7) is 5.17. The number of Topliss-reactive ketones (excluding diaryl/α,β-unsaturated/α-hetero) is 1. The molecule has 2 saturated heterocycles. The van der Waals surface area contributed by atoms with E-state index in [9.17, 15) is 4.79 Å². The number of hydrogen-bond donors (Lipinski definition) is 1. The average molecular weight is 498 g/mol. The Morgan fingerprint density at radius 2 is 1.76 bits per heavy atom. The molecular weight excluding hydrogens is 454 g/mol. The molecular formula is C27H44ClNO5. The second-order valence-electron chi connectivity index (χ2n) is 11.8. The van der Waals surface area contributed by atoms with E-state index in [0.717, 1.165) is 25.9 Å². The summed E-state index contributed by atoms with van der Waals surface area (Å²) in [7, 11) is 3.36. The summed E-state index contributed by atoms with van der Waals surface area (Å²) in [6.07, 6.45) is 8.95. The van der Waals surface area contributed by atoms with Crippen LogP contribution in [0.5, 0.6) is 0 Å². The van der Waals surface area contributed by atoms with E-state index in [1.165, 1.54) is 32.1 Å². The van der Waals surface area contributed by atoms with Crippen molar-refractivity contribution >= 4 is 17.4 Å². The maximum absolute atomic E-state index is 14.4. The summed E-state index contributed by atoms with van der Waals surface area (Å²) in [6, 6.07) is 0.855. The molecule has 6 nitrogen and oxygen atoms in total. The Kier molecular flexibility index (Phi) is 7.67. The minimum atomic E-state index is -0.958. The van der Waals surface area contributed by atoms with Gasteiger partial charge in [0.2, 0.25) is 0 Å². The molecule has 0 aromatic rings. The zero-order valence-electron chi connectivity index (χ0n) is 21.3. The molecule has 5 rings (SSSR count). The van der Waals surface area contributed by atoms with Gasteiger partial charge < -0.3 is 24.3 Å². The molecule has 194 valence electrons. The van der Waals surface area contributed by atoms with E-state index >= 15 is 0 Å². The van der Waals surface area contributed by atoms with Gasteiger partial charge in [-0.3, -0.25) is 4.79 Å². The number of hydrogen-bond acceptors (Lipinski definition) is 6. The Balaban J connectivity index is 1.48. The maximum Gasteiger partial charge on any atom is 0.175 e. The SMILES string of the molecule is COC1CC(OC)C2C(=O)[C@@]3(OC2C1Cl)C(OCC1CCCCC1)C1CCC(C)NC1C[C@H]3C. The first-order valence-electron chi connectivity index (χ1n) is 13.7. The van der Waals surface area contributed by atoms with Crippen molar-refractivity contribution < 1.29 is 23.7 Å². The first-order valence-corrected chi connectivity index (χ1v) is 14.1. The highest BCUT2D eigenvalue weighted by Crippen LogP contribution is 2.54. The molecule has 7 heteroatoms. The Labute approximate surface area is 210 Å². The number of carbonyl (C=O) groups excluding carboxylic acids is 1. The normalized spacial score (nSPS) is 49.7. The fourth-order valence-electron chi connectivity index (χ4n) is 7.98. The minimum Gasteiger partial charge on any atom is -0.380 e. The highest BCUT2D eigenvalue weighted by atomic mass is 35.5. The van der Waals surface area contributed by atoms with Crippen molar-refractivity contribution in [3.8, 4) is 0 Å². The monoisotopic (exact) mass is 497 g/mol. The van der Waals surface area contributed by atoms with E-state index in [-0.39, 0.29) is 47.2 Å². The lowest BCUT2D eigenvalue weighted by atomic mass is 9.61. The number of alkyl halides is 1. The quantitative estimate of drug-likeness (QED) is 0.576. The van der Waals surface area contributed by atoms with E-state index < -0.39 is 11.7 Å². The lowest BCUT2D eigenvalue weighted by Gasteiger charge is -2.54. The van der Waals surface area contributed by atoms with Crippen LogP contribution < -0.4 is 5.32 Å². The van der Waals surface area contributed by atoms with Gasteiger partial charge in [-0.05, 0) is 50.9 Å². The van der Waals surface area contributed by atoms with Crippen molar-refractivity contribution in [1.29, 1.82) is 0 Å². The van der Waals surface area contributed by atoms with Crippen molar-refractivity contribution in [2.45, 2.75) is 119 Å². The lowest BCUT2D eigenvalue weighted by molar-refractivity contribution is -0.216. The minimum absolute atomic E-state index is 0.0448. The van der Waals surface area contributed by atoms with Crippen molar-refractivity contribution in [3.05, 3.63) is 0 Å². The number of rotatable bonds is 5. The van der Waals surface area contributed by atoms with Gasteiger partial charge in [0.15, 0.2) is 11.4 Å². The number of fused-ring (bicyclic) bond motifs is 2. The van der Waals surface area contributed by atoms with E-state index in [1.807, 2.05) is 0 Å². The summed E-state index contributed by atoms with van der Waals surface area (Å²) >= 11 is 6.91. The van der Waals surface area contributed by atoms with Gasteiger partial charge in [0.1, 0.15) is 0 Å². The maximum atomic E-state index is 14.4. The van der Waals surface area contributed by atoms with Crippen molar-refractivity contribution in [2.24, 2.45) is 23.7 Å². The first kappa shape index (κ1) is 25.4.